The first-order valence-corrected chi connectivity index (χ1v) is 7.60. The average molecular weight is 324 g/mol. The summed E-state index contributed by atoms with van der Waals surface area (Å²) in [6.07, 6.45) is 5.88. The van der Waals surface area contributed by atoms with Gasteiger partial charge in [-0.2, -0.15) is 0 Å². The minimum atomic E-state index is -0.464. The summed E-state index contributed by atoms with van der Waals surface area (Å²) in [5.74, 6) is 0.192. The molecule has 120 valence electrons. The molecule has 5 nitrogen and oxygen atoms in total. The molecule has 6 heteroatoms. The molecule has 2 aliphatic rings. The van der Waals surface area contributed by atoms with Crippen molar-refractivity contribution in [1.82, 2.24) is 5.32 Å². The van der Waals surface area contributed by atoms with Gasteiger partial charge in [-0.25, -0.2) is 0 Å². The summed E-state index contributed by atoms with van der Waals surface area (Å²) in [4.78, 5) is 23.3. The number of rotatable bonds is 3. The van der Waals surface area contributed by atoms with Gasteiger partial charge < -0.3 is 16.4 Å². The normalized spacial score (nSPS) is 26.6. The standard InChI is InChI=1S/C16H21N3O2.ClH/c17-15(20)10-5-7-12(8-6-10)18-16(21)14-9-11-3-1-2-4-13(11)19-14;/h5-8,11,13-14,19H,1-4,9H2,(H2,17,20)(H,18,21);1H. The SMILES string of the molecule is Cl.NC(=O)c1ccc(NC(=O)C2CC3CCCCC3N2)cc1. The van der Waals surface area contributed by atoms with E-state index >= 15 is 0 Å². The van der Waals surface area contributed by atoms with Gasteiger partial charge >= 0.3 is 0 Å². The van der Waals surface area contributed by atoms with Gasteiger partial charge in [-0.15, -0.1) is 12.4 Å². The Morgan fingerprint density at radius 3 is 2.45 bits per heavy atom. The Hall–Kier alpha value is -1.59. The zero-order valence-corrected chi connectivity index (χ0v) is 13.2. The Balaban J connectivity index is 0.00000176. The van der Waals surface area contributed by atoms with E-state index in [9.17, 15) is 9.59 Å². The third kappa shape index (κ3) is 3.59. The van der Waals surface area contributed by atoms with Crippen LogP contribution in [-0.2, 0) is 4.79 Å². The zero-order chi connectivity index (χ0) is 14.8. The van der Waals surface area contributed by atoms with Crippen LogP contribution in [0.3, 0.4) is 0 Å². The molecule has 1 aromatic carbocycles. The second kappa shape index (κ2) is 7.11. The second-order valence-electron chi connectivity index (χ2n) is 6.04. The molecule has 1 aliphatic carbocycles. The van der Waals surface area contributed by atoms with Gasteiger partial charge in [0.15, 0.2) is 0 Å². The van der Waals surface area contributed by atoms with Gasteiger partial charge in [0.05, 0.1) is 6.04 Å². The van der Waals surface area contributed by atoms with Crippen molar-refractivity contribution >= 4 is 29.9 Å². The summed E-state index contributed by atoms with van der Waals surface area (Å²) in [5, 5.41) is 6.36. The molecule has 1 aliphatic heterocycles. The Labute approximate surface area is 136 Å². The number of halogens is 1. The second-order valence-corrected chi connectivity index (χ2v) is 6.04. The molecule has 0 radical (unpaired) electrons. The Morgan fingerprint density at radius 1 is 1.14 bits per heavy atom. The number of carbonyl (C=O) groups excluding carboxylic acids is 2. The highest BCUT2D eigenvalue weighted by molar-refractivity contribution is 5.96. The molecule has 2 amide bonds. The predicted molar refractivity (Wildman–Crippen MR) is 88.1 cm³/mol. The first kappa shape index (κ1) is 16.8. The van der Waals surface area contributed by atoms with E-state index in [1.54, 1.807) is 24.3 Å². The Morgan fingerprint density at radius 2 is 1.82 bits per heavy atom. The fraction of sp³-hybridized carbons (Fsp3) is 0.500. The van der Waals surface area contributed by atoms with Crippen molar-refractivity contribution in [2.45, 2.75) is 44.2 Å². The lowest BCUT2D eigenvalue weighted by atomic mass is 9.85. The van der Waals surface area contributed by atoms with E-state index in [0.29, 0.717) is 23.2 Å². The molecule has 3 atom stereocenters. The maximum Gasteiger partial charge on any atom is 0.248 e. The molecular formula is C16H22ClN3O2. The molecule has 1 aromatic rings. The van der Waals surface area contributed by atoms with Crippen molar-refractivity contribution in [2.75, 3.05) is 5.32 Å². The van der Waals surface area contributed by atoms with Crippen LogP contribution in [0.2, 0.25) is 0 Å². The highest BCUT2D eigenvalue weighted by Gasteiger charge is 2.38. The van der Waals surface area contributed by atoms with Crippen molar-refractivity contribution in [3.8, 4) is 0 Å². The van der Waals surface area contributed by atoms with Crippen LogP contribution in [0.1, 0.15) is 42.5 Å². The van der Waals surface area contributed by atoms with Gasteiger partial charge in [0.1, 0.15) is 0 Å². The third-order valence-electron chi connectivity index (χ3n) is 4.62. The number of nitrogens with one attached hydrogen (secondary N) is 2. The summed E-state index contributed by atoms with van der Waals surface area (Å²) in [6.45, 7) is 0. The van der Waals surface area contributed by atoms with Crippen molar-refractivity contribution in [1.29, 1.82) is 0 Å². The highest BCUT2D eigenvalue weighted by Crippen LogP contribution is 2.33. The fourth-order valence-corrected chi connectivity index (χ4v) is 3.47. The minimum Gasteiger partial charge on any atom is -0.366 e. The molecule has 0 aromatic heterocycles. The molecule has 2 fully saturated rings. The number of primary amides is 1. The number of hydrogen-bond acceptors (Lipinski definition) is 3. The smallest absolute Gasteiger partial charge is 0.248 e. The van der Waals surface area contributed by atoms with Crippen molar-refractivity contribution < 1.29 is 9.59 Å². The van der Waals surface area contributed by atoms with E-state index in [0.717, 1.165) is 6.42 Å². The molecular weight excluding hydrogens is 302 g/mol. The van der Waals surface area contributed by atoms with Crippen LogP contribution in [0.4, 0.5) is 5.69 Å². The third-order valence-corrected chi connectivity index (χ3v) is 4.62. The van der Waals surface area contributed by atoms with Crippen molar-refractivity contribution in [3.63, 3.8) is 0 Å². The maximum atomic E-state index is 12.3. The Kier molecular flexibility index (Phi) is 5.42. The van der Waals surface area contributed by atoms with E-state index in [-0.39, 0.29) is 24.4 Å². The number of benzene rings is 1. The van der Waals surface area contributed by atoms with E-state index in [4.69, 9.17) is 5.73 Å². The van der Waals surface area contributed by atoms with Crippen LogP contribution >= 0.6 is 12.4 Å². The first-order chi connectivity index (χ1) is 10.1. The molecule has 1 saturated carbocycles. The molecule has 4 N–H and O–H groups in total. The molecule has 3 unspecified atom stereocenters. The van der Waals surface area contributed by atoms with Crippen LogP contribution in [-0.4, -0.2) is 23.9 Å². The van der Waals surface area contributed by atoms with Gasteiger partial charge in [-0.3, -0.25) is 9.59 Å². The molecule has 22 heavy (non-hydrogen) atoms. The highest BCUT2D eigenvalue weighted by atomic mass is 35.5. The average Bonchev–Trinajstić information content (AvgIpc) is 2.92. The van der Waals surface area contributed by atoms with Crippen LogP contribution in [0.25, 0.3) is 0 Å². The van der Waals surface area contributed by atoms with Gasteiger partial charge in [0.25, 0.3) is 0 Å². The summed E-state index contributed by atoms with van der Waals surface area (Å²) in [5.41, 5.74) is 6.33. The van der Waals surface area contributed by atoms with Crippen LogP contribution in [0.15, 0.2) is 24.3 Å². The predicted octanol–water partition coefficient (Wildman–Crippen LogP) is 2.07. The van der Waals surface area contributed by atoms with Gasteiger partial charge in [0, 0.05) is 17.3 Å². The molecule has 0 spiro atoms. The van der Waals surface area contributed by atoms with E-state index in [1.165, 1.54) is 25.7 Å². The molecule has 1 saturated heterocycles. The van der Waals surface area contributed by atoms with Gasteiger partial charge in [-0.05, 0) is 49.4 Å². The van der Waals surface area contributed by atoms with Crippen molar-refractivity contribution in [2.24, 2.45) is 11.7 Å². The number of anilines is 1. The minimum absolute atomic E-state index is 0. The lowest BCUT2D eigenvalue weighted by molar-refractivity contribution is -0.117. The quantitative estimate of drug-likeness (QED) is 0.796. The van der Waals surface area contributed by atoms with E-state index in [1.807, 2.05) is 0 Å². The summed E-state index contributed by atoms with van der Waals surface area (Å²) in [6, 6.07) is 7.07. The van der Waals surface area contributed by atoms with E-state index in [2.05, 4.69) is 10.6 Å². The molecule has 3 rings (SSSR count). The van der Waals surface area contributed by atoms with Crippen LogP contribution in [0, 0.1) is 5.92 Å². The summed E-state index contributed by atoms with van der Waals surface area (Å²) in [7, 11) is 0. The van der Waals surface area contributed by atoms with Crippen LogP contribution < -0.4 is 16.4 Å². The molecule has 1 heterocycles. The number of carbonyl (C=O) groups is 2. The zero-order valence-electron chi connectivity index (χ0n) is 12.4. The van der Waals surface area contributed by atoms with Crippen LogP contribution in [0.5, 0.6) is 0 Å². The maximum absolute atomic E-state index is 12.3. The van der Waals surface area contributed by atoms with E-state index < -0.39 is 5.91 Å². The summed E-state index contributed by atoms with van der Waals surface area (Å²) < 4.78 is 0. The summed E-state index contributed by atoms with van der Waals surface area (Å²) >= 11 is 0. The first-order valence-electron chi connectivity index (χ1n) is 7.60. The monoisotopic (exact) mass is 323 g/mol. The lowest BCUT2D eigenvalue weighted by Gasteiger charge is -2.24. The van der Waals surface area contributed by atoms with Gasteiger partial charge in [-0.1, -0.05) is 12.8 Å². The number of nitrogens with two attached hydrogens (primary N) is 1. The number of amides is 2. The topological polar surface area (TPSA) is 84.2 Å². The Bertz CT molecular complexity index is 533. The number of hydrogen-bond donors (Lipinski definition) is 3. The number of fused-ring (bicyclic) bond motifs is 1. The van der Waals surface area contributed by atoms with Crippen molar-refractivity contribution in [3.05, 3.63) is 29.8 Å². The largest absolute Gasteiger partial charge is 0.366 e. The molecule has 0 bridgehead atoms. The lowest BCUT2D eigenvalue weighted by Crippen LogP contribution is -2.39. The van der Waals surface area contributed by atoms with Gasteiger partial charge in [0.2, 0.25) is 11.8 Å². The fourth-order valence-electron chi connectivity index (χ4n) is 3.47.